The molecule has 214 valence electrons. The molecule has 3 nitrogen and oxygen atoms in total. The molecule has 8 aromatic rings. The molecule has 0 atom stereocenters. The maximum absolute atomic E-state index is 14.9. The Balaban J connectivity index is 1.19. The van der Waals surface area contributed by atoms with Gasteiger partial charge < -0.3 is 4.57 Å². The zero-order chi connectivity index (χ0) is 30.0. The monoisotopic (exact) mass is 596 g/mol. The number of fused-ring (bicyclic) bond motifs is 9. The van der Waals surface area contributed by atoms with E-state index in [1.54, 1.807) is 0 Å². The number of pyridine rings is 1. The van der Waals surface area contributed by atoms with Crippen LogP contribution in [0.4, 0.5) is 0 Å². The fourth-order valence-electron chi connectivity index (χ4n) is 7.07. The Labute approximate surface area is 261 Å². The van der Waals surface area contributed by atoms with Gasteiger partial charge in [-0.3, -0.25) is 4.40 Å². The Morgan fingerprint density at radius 2 is 1.24 bits per heavy atom. The van der Waals surface area contributed by atoms with E-state index in [4.69, 9.17) is 4.98 Å². The number of para-hydroxylation sites is 1. The normalized spacial score (nSPS) is 13.2. The first-order valence-corrected chi connectivity index (χ1v) is 17.2. The molecule has 0 unspecified atom stereocenters. The van der Waals surface area contributed by atoms with Crippen molar-refractivity contribution in [2.24, 2.45) is 0 Å². The van der Waals surface area contributed by atoms with E-state index in [0.717, 1.165) is 67.4 Å². The zero-order valence-corrected chi connectivity index (χ0v) is 25.5. The summed E-state index contributed by atoms with van der Waals surface area (Å²) in [5.74, 6) is 0. The van der Waals surface area contributed by atoms with Crippen LogP contribution < -0.4 is 15.9 Å². The summed E-state index contributed by atoms with van der Waals surface area (Å²) in [5.41, 5.74) is 6.90. The number of aromatic nitrogens is 2. The lowest BCUT2D eigenvalue weighted by Gasteiger charge is -2.20. The smallest absolute Gasteiger partial charge is 0.171 e. The van der Waals surface area contributed by atoms with E-state index in [1.807, 2.05) is 66.7 Å². The van der Waals surface area contributed by atoms with Crippen LogP contribution in [0.5, 0.6) is 0 Å². The predicted molar refractivity (Wildman–Crippen MR) is 190 cm³/mol. The topological polar surface area (TPSA) is 34.4 Å². The molecule has 0 fully saturated rings. The van der Waals surface area contributed by atoms with Gasteiger partial charge in [0.25, 0.3) is 0 Å². The van der Waals surface area contributed by atoms with Crippen molar-refractivity contribution in [1.29, 1.82) is 0 Å². The first kappa shape index (κ1) is 26.2. The van der Waals surface area contributed by atoms with Gasteiger partial charge in [-0.2, -0.15) is 0 Å². The molecular formula is C41H29N2OP. The lowest BCUT2D eigenvalue weighted by atomic mass is 9.97. The van der Waals surface area contributed by atoms with E-state index < -0.39 is 7.14 Å². The van der Waals surface area contributed by atoms with E-state index >= 15 is 0 Å². The number of aryl methyl sites for hydroxylation is 1. The number of hydrogen-bond donors (Lipinski definition) is 0. The highest BCUT2D eigenvalue weighted by Gasteiger charge is 2.29. The van der Waals surface area contributed by atoms with Crippen molar-refractivity contribution in [3.63, 3.8) is 0 Å². The van der Waals surface area contributed by atoms with Crippen LogP contribution in [-0.2, 0) is 11.0 Å². The van der Waals surface area contributed by atoms with E-state index in [0.29, 0.717) is 0 Å². The van der Waals surface area contributed by atoms with E-state index in [9.17, 15) is 4.57 Å². The van der Waals surface area contributed by atoms with Crippen LogP contribution in [0.15, 0.2) is 146 Å². The number of rotatable bonds is 4. The lowest BCUT2D eigenvalue weighted by Crippen LogP contribution is -2.24. The number of benzene rings is 6. The molecule has 2 heterocycles. The summed E-state index contributed by atoms with van der Waals surface area (Å²) in [6, 6.07) is 48.0. The Morgan fingerprint density at radius 1 is 0.578 bits per heavy atom. The summed E-state index contributed by atoms with van der Waals surface area (Å²) in [5, 5.41) is 8.36. The molecule has 0 radical (unpaired) electrons. The zero-order valence-electron chi connectivity index (χ0n) is 24.6. The SMILES string of the molecule is O=P(c1ccccc1)(c1ccccc1)c1ccc2cc(-c3ccc4c5ccccc5n5c6c(nc5c4c3)C=CCC6)ccc2c1. The predicted octanol–water partition coefficient (Wildman–Crippen LogP) is 9.06. The van der Waals surface area contributed by atoms with Crippen LogP contribution >= 0.6 is 7.14 Å². The van der Waals surface area contributed by atoms with Gasteiger partial charge in [-0.15, -0.1) is 0 Å². The van der Waals surface area contributed by atoms with Crippen LogP contribution in [0.25, 0.3) is 55.3 Å². The van der Waals surface area contributed by atoms with Crippen LogP contribution in [-0.4, -0.2) is 9.38 Å². The maximum Gasteiger partial charge on any atom is 0.171 e. The summed E-state index contributed by atoms with van der Waals surface area (Å²) in [7, 11) is -3.04. The first-order chi connectivity index (χ1) is 22.2. The van der Waals surface area contributed by atoms with Crippen LogP contribution in [0.3, 0.4) is 0 Å². The fourth-order valence-corrected chi connectivity index (χ4v) is 9.75. The van der Waals surface area contributed by atoms with Crippen LogP contribution in [0.1, 0.15) is 17.8 Å². The van der Waals surface area contributed by atoms with Crippen LogP contribution in [0.2, 0.25) is 0 Å². The summed E-state index contributed by atoms with van der Waals surface area (Å²) < 4.78 is 17.3. The molecule has 0 N–H and O–H groups in total. The molecule has 1 aliphatic rings. The third-order valence-electron chi connectivity index (χ3n) is 9.28. The van der Waals surface area contributed by atoms with E-state index in [-0.39, 0.29) is 0 Å². The van der Waals surface area contributed by atoms with Gasteiger partial charge in [-0.05, 0) is 70.5 Å². The fraction of sp³-hybridized carbons (Fsp3) is 0.0488. The number of allylic oxidation sites excluding steroid dienone is 1. The van der Waals surface area contributed by atoms with Crippen molar-refractivity contribution >= 4 is 67.2 Å². The van der Waals surface area contributed by atoms with Gasteiger partial charge in [-0.25, -0.2) is 4.98 Å². The molecule has 9 rings (SSSR count). The second kappa shape index (κ2) is 10.2. The van der Waals surface area contributed by atoms with Crippen molar-refractivity contribution in [2.75, 3.05) is 0 Å². The molecule has 4 heteroatoms. The Kier molecular flexibility index (Phi) is 5.91. The molecule has 0 spiro atoms. The van der Waals surface area contributed by atoms with Gasteiger partial charge in [-0.1, -0.05) is 121 Å². The number of imidazole rings is 1. The van der Waals surface area contributed by atoms with Gasteiger partial charge in [0.05, 0.1) is 16.9 Å². The number of nitrogens with zero attached hydrogens (tertiary/aromatic N) is 2. The second-order valence-corrected chi connectivity index (χ2v) is 14.6. The van der Waals surface area contributed by atoms with Crippen molar-refractivity contribution in [2.45, 2.75) is 12.8 Å². The molecule has 2 aromatic heterocycles. The largest absolute Gasteiger partial charge is 0.309 e. The minimum absolute atomic E-state index is 0.845. The molecule has 45 heavy (non-hydrogen) atoms. The van der Waals surface area contributed by atoms with Gasteiger partial charge in [0.1, 0.15) is 5.65 Å². The third-order valence-corrected chi connectivity index (χ3v) is 12.3. The third kappa shape index (κ3) is 4.05. The Hall–Kier alpha value is -5.24. The number of hydrogen-bond acceptors (Lipinski definition) is 2. The minimum Gasteiger partial charge on any atom is -0.309 e. The summed E-state index contributed by atoms with van der Waals surface area (Å²) in [6.07, 6.45) is 6.43. The molecular weight excluding hydrogens is 567 g/mol. The van der Waals surface area contributed by atoms with Gasteiger partial charge in [0.15, 0.2) is 7.14 Å². The molecule has 0 amide bonds. The van der Waals surface area contributed by atoms with Gasteiger partial charge >= 0.3 is 0 Å². The average Bonchev–Trinajstić information content (AvgIpc) is 3.52. The molecule has 6 aromatic carbocycles. The molecule has 0 aliphatic heterocycles. The highest BCUT2D eigenvalue weighted by atomic mass is 31.2. The summed E-state index contributed by atoms with van der Waals surface area (Å²) in [6.45, 7) is 0. The summed E-state index contributed by atoms with van der Waals surface area (Å²) >= 11 is 0. The molecule has 1 aliphatic carbocycles. The van der Waals surface area contributed by atoms with Crippen molar-refractivity contribution in [3.05, 3.63) is 157 Å². The first-order valence-electron chi connectivity index (χ1n) is 15.5. The van der Waals surface area contributed by atoms with Crippen molar-refractivity contribution < 1.29 is 4.57 Å². The second-order valence-electron chi connectivity index (χ2n) is 11.8. The van der Waals surface area contributed by atoms with Gasteiger partial charge in [0, 0.05) is 26.7 Å². The molecule has 0 bridgehead atoms. The van der Waals surface area contributed by atoms with E-state index in [2.05, 4.69) is 89.3 Å². The molecule has 0 saturated carbocycles. The Morgan fingerprint density at radius 3 is 2.04 bits per heavy atom. The van der Waals surface area contributed by atoms with Crippen molar-refractivity contribution in [1.82, 2.24) is 9.38 Å². The minimum atomic E-state index is -3.04. The lowest BCUT2D eigenvalue weighted by molar-refractivity contribution is 0.592. The molecule has 0 saturated heterocycles. The maximum atomic E-state index is 14.9. The standard InChI is InChI=1S/C41H29N2OP/c44-45(32-11-3-1-4-12-32,33-13-5-2-6-14-33)34-23-21-29-25-28(19-20-30(29)26-34)31-22-24-35-36-15-7-9-17-39(36)43-40-18-10-8-16-38(40)42-41(43)37(35)27-31/h1-9,11-17,19-27H,10,18H2. The van der Waals surface area contributed by atoms with Crippen LogP contribution in [0, 0.1) is 0 Å². The van der Waals surface area contributed by atoms with E-state index in [1.165, 1.54) is 22.0 Å². The Bertz CT molecular complexity index is 2470. The van der Waals surface area contributed by atoms with Gasteiger partial charge in [0.2, 0.25) is 0 Å². The quantitative estimate of drug-likeness (QED) is 0.150. The summed E-state index contributed by atoms with van der Waals surface area (Å²) in [4.78, 5) is 5.15. The highest BCUT2D eigenvalue weighted by Crippen LogP contribution is 2.43. The highest BCUT2D eigenvalue weighted by molar-refractivity contribution is 7.85. The average molecular weight is 597 g/mol. The van der Waals surface area contributed by atoms with Crippen molar-refractivity contribution in [3.8, 4) is 11.1 Å².